The fourth-order valence-corrected chi connectivity index (χ4v) is 3.37. The summed E-state index contributed by atoms with van der Waals surface area (Å²) in [5.41, 5.74) is -1.52. The van der Waals surface area contributed by atoms with Crippen molar-refractivity contribution in [2.24, 2.45) is 0 Å². The van der Waals surface area contributed by atoms with E-state index in [0.29, 0.717) is 25.5 Å². The van der Waals surface area contributed by atoms with Crippen molar-refractivity contribution in [1.82, 2.24) is 14.5 Å². The lowest BCUT2D eigenvalue weighted by molar-refractivity contribution is 0.0379. The van der Waals surface area contributed by atoms with Crippen LogP contribution in [0.3, 0.4) is 0 Å². The number of rotatable bonds is 0. The first-order valence-electron chi connectivity index (χ1n) is 7.10. The average molecular weight is 327 g/mol. The molecule has 0 aliphatic carbocycles. The average Bonchev–Trinajstić information content (AvgIpc) is 2.61. The Morgan fingerprint density at radius 3 is 2.55 bits per heavy atom. The summed E-state index contributed by atoms with van der Waals surface area (Å²) < 4.78 is 7.00. The van der Waals surface area contributed by atoms with Gasteiger partial charge in [0.2, 0.25) is 0 Å². The van der Waals surface area contributed by atoms with E-state index >= 15 is 0 Å². The number of hydrogen-bond acceptors (Lipinski definition) is 5. The lowest BCUT2D eigenvalue weighted by Crippen LogP contribution is -2.70. The molecule has 0 radical (unpaired) electrons. The SMILES string of the molecule is CN1CC2(C1)Cn1c(cc(Cl)nc1=O)N2C(=O)OC(C)(C)C. The summed E-state index contributed by atoms with van der Waals surface area (Å²) >= 11 is 5.90. The Labute approximate surface area is 133 Å². The third-order valence-corrected chi connectivity index (χ3v) is 4.01. The molecule has 2 aliphatic rings. The topological polar surface area (TPSA) is 67.7 Å². The van der Waals surface area contributed by atoms with E-state index in [1.807, 2.05) is 27.8 Å². The number of nitrogens with zero attached hydrogens (tertiary/aromatic N) is 4. The van der Waals surface area contributed by atoms with Gasteiger partial charge in [-0.25, -0.2) is 9.59 Å². The molecule has 1 fully saturated rings. The van der Waals surface area contributed by atoms with Gasteiger partial charge in [0.1, 0.15) is 16.6 Å². The highest BCUT2D eigenvalue weighted by Gasteiger charge is 2.55. The van der Waals surface area contributed by atoms with Crippen LogP contribution in [0.5, 0.6) is 0 Å². The number of hydrogen-bond donors (Lipinski definition) is 0. The summed E-state index contributed by atoms with van der Waals surface area (Å²) in [6.07, 6.45) is -0.464. The predicted molar refractivity (Wildman–Crippen MR) is 82.4 cm³/mol. The maximum Gasteiger partial charge on any atom is 0.416 e. The molecule has 0 atom stereocenters. The summed E-state index contributed by atoms with van der Waals surface area (Å²) in [5.74, 6) is 0.451. The first kappa shape index (κ1) is 15.3. The number of likely N-dealkylation sites (N-methyl/N-ethyl adjacent to an activating group) is 1. The number of halogens is 1. The van der Waals surface area contributed by atoms with Crippen LogP contribution in [0.4, 0.5) is 10.6 Å². The molecule has 2 aliphatic heterocycles. The van der Waals surface area contributed by atoms with Crippen LogP contribution in [0.25, 0.3) is 0 Å². The molecule has 1 saturated heterocycles. The van der Waals surface area contributed by atoms with Gasteiger partial charge in [0, 0.05) is 19.2 Å². The molecule has 7 nitrogen and oxygen atoms in total. The van der Waals surface area contributed by atoms with E-state index in [1.54, 1.807) is 11.0 Å². The molecule has 1 spiro atoms. The number of fused-ring (bicyclic) bond motifs is 1. The van der Waals surface area contributed by atoms with Crippen LogP contribution in [0.1, 0.15) is 20.8 Å². The minimum atomic E-state index is -0.613. The van der Waals surface area contributed by atoms with E-state index in [9.17, 15) is 9.59 Å². The Morgan fingerprint density at radius 1 is 1.36 bits per heavy atom. The summed E-state index contributed by atoms with van der Waals surface area (Å²) in [6.45, 7) is 7.19. The van der Waals surface area contributed by atoms with E-state index in [0.717, 1.165) is 0 Å². The number of carbonyl (C=O) groups is 1. The van der Waals surface area contributed by atoms with Crippen molar-refractivity contribution in [3.05, 3.63) is 21.7 Å². The van der Waals surface area contributed by atoms with Gasteiger partial charge in [-0.2, -0.15) is 4.98 Å². The molecule has 1 aromatic heterocycles. The molecule has 0 N–H and O–H groups in total. The molecule has 1 aromatic rings. The third-order valence-electron chi connectivity index (χ3n) is 3.82. The normalized spacial score (nSPS) is 20.0. The van der Waals surface area contributed by atoms with Crippen LogP contribution in [-0.4, -0.2) is 51.8 Å². The fraction of sp³-hybridized carbons (Fsp3) is 0.643. The first-order chi connectivity index (χ1) is 10.1. The largest absolute Gasteiger partial charge is 0.443 e. The molecule has 8 heteroatoms. The first-order valence-corrected chi connectivity index (χ1v) is 7.48. The van der Waals surface area contributed by atoms with Crippen LogP contribution in [0.15, 0.2) is 10.9 Å². The highest BCUT2D eigenvalue weighted by molar-refractivity contribution is 6.29. The maximum atomic E-state index is 12.7. The van der Waals surface area contributed by atoms with E-state index in [2.05, 4.69) is 9.88 Å². The maximum absolute atomic E-state index is 12.7. The highest BCUT2D eigenvalue weighted by Crippen LogP contribution is 2.40. The van der Waals surface area contributed by atoms with Gasteiger partial charge in [-0.05, 0) is 27.8 Å². The second-order valence-electron chi connectivity index (χ2n) is 7.02. The third kappa shape index (κ3) is 2.38. The number of ether oxygens (including phenoxy) is 1. The van der Waals surface area contributed by atoms with Crippen molar-refractivity contribution >= 4 is 23.5 Å². The smallest absolute Gasteiger partial charge is 0.416 e. The Bertz CT molecular complexity index is 688. The zero-order valence-corrected chi connectivity index (χ0v) is 13.8. The van der Waals surface area contributed by atoms with Gasteiger partial charge < -0.3 is 9.64 Å². The minimum Gasteiger partial charge on any atom is -0.443 e. The van der Waals surface area contributed by atoms with Gasteiger partial charge in [0.15, 0.2) is 0 Å². The van der Waals surface area contributed by atoms with Crippen LogP contribution < -0.4 is 10.6 Å². The Hall–Kier alpha value is -1.60. The van der Waals surface area contributed by atoms with Crippen LogP contribution in [-0.2, 0) is 11.3 Å². The standard InChI is InChI=1S/C14H19ClN4O3/c1-13(2,3)22-12(21)19-10-5-9(15)16-11(20)18(10)8-14(19)6-17(4)7-14/h5H,6-8H2,1-4H3. The summed E-state index contributed by atoms with van der Waals surface area (Å²) in [5, 5.41) is 0.0783. The van der Waals surface area contributed by atoms with Gasteiger partial charge in [0.05, 0.1) is 12.1 Å². The van der Waals surface area contributed by atoms with E-state index in [-0.39, 0.29) is 5.15 Å². The summed E-state index contributed by atoms with van der Waals surface area (Å²) in [4.78, 5) is 32.1. The predicted octanol–water partition coefficient (Wildman–Crippen LogP) is 1.34. The molecular weight excluding hydrogens is 308 g/mol. The molecule has 0 saturated carbocycles. The molecule has 0 aromatic carbocycles. The van der Waals surface area contributed by atoms with Crippen molar-refractivity contribution in [2.75, 3.05) is 25.0 Å². The minimum absolute atomic E-state index is 0.0783. The van der Waals surface area contributed by atoms with Crippen molar-refractivity contribution < 1.29 is 9.53 Å². The summed E-state index contributed by atoms with van der Waals surface area (Å²) in [7, 11) is 1.97. The lowest BCUT2D eigenvalue weighted by atomic mass is 9.90. The molecule has 1 amide bonds. The van der Waals surface area contributed by atoms with E-state index in [4.69, 9.17) is 16.3 Å². The molecule has 0 unspecified atom stereocenters. The van der Waals surface area contributed by atoms with Gasteiger partial charge in [-0.3, -0.25) is 9.47 Å². The van der Waals surface area contributed by atoms with Crippen molar-refractivity contribution in [2.45, 2.75) is 38.5 Å². The van der Waals surface area contributed by atoms with Crippen molar-refractivity contribution in [1.29, 1.82) is 0 Å². The number of carbonyl (C=O) groups excluding carboxylic acids is 1. The van der Waals surface area contributed by atoms with Crippen LogP contribution in [0.2, 0.25) is 5.15 Å². The number of anilines is 1. The van der Waals surface area contributed by atoms with Gasteiger partial charge in [-0.15, -0.1) is 0 Å². The second kappa shape index (κ2) is 4.70. The van der Waals surface area contributed by atoms with E-state index in [1.165, 1.54) is 4.57 Å². The van der Waals surface area contributed by atoms with Gasteiger partial charge >= 0.3 is 11.8 Å². The van der Waals surface area contributed by atoms with Crippen molar-refractivity contribution in [3.8, 4) is 0 Å². The van der Waals surface area contributed by atoms with E-state index < -0.39 is 22.9 Å². The molecule has 3 heterocycles. The van der Waals surface area contributed by atoms with Crippen LogP contribution >= 0.6 is 11.6 Å². The molecular formula is C14H19ClN4O3. The number of amides is 1. The van der Waals surface area contributed by atoms with Crippen molar-refractivity contribution in [3.63, 3.8) is 0 Å². The Balaban J connectivity index is 2.05. The zero-order chi connectivity index (χ0) is 16.3. The highest BCUT2D eigenvalue weighted by atomic mass is 35.5. The van der Waals surface area contributed by atoms with Gasteiger partial charge in [-0.1, -0.05) is 11.6 Å². The quantitative estimate of drug-likeness (QED) is 0.673. The molecule has 120 valence electrons. The second-order valence-corrected chi connectivity index (χ2v) is 7.41. The zero-order valence-electron chi connectivity index (χ0n) is 13.1. The molecule has 22 heavy (non-hydrogen) atoms. The molecule has 0 bridgehead atoms. The van der Waals surface area contributed by atoms with Gasteiger partial charge in [0.25, 0.3) is 0 Å². The fourth-order valence-electron chi connectivity index (χ4n) is 3.20. The van der Waals surface area contributed by atoms with Crippen LogP contribution in [0, 0.1) is 0 Å². The Morgan fingerprint density at radius 2 is 2.00 bits per heavy atom. The number of likely N-dealkylation sites (tertiary alicyclic amines) is 1. The monoisotopic (exact) mass is 326 g/mol. The number of aromatic nitrogens is 2. The lowest BCUT2D eigenvalue weighted by Gasteiger charge is -2.50. The summed E-state index contributed by atoms with van der Waals surface area (Å²) in [6, 6.07) is 1.54. The molecule has 3 rings (SSSR count). The Kier molecular flexibility index (Phi) is 3.27.